The van der Waals surface area contributed by atoms with Gasteiger partial charge in [0.05, 0.1) is 0 Å². The Hall–Kier alpha value is -1.26. The zero-order valence-electron chi connectivity index (χ0n) is 9.16. The summed E-state index contributed by atoms with van der Waals surface area (Å²) in [4.78, 5) is 2.16. The Morgan fingerprint density at radius 3 is 2.64 bits per heavy atom. The molecule has 0 unspecified atom stereocenters. The minimum atomic E-state index is 0.829. The quantitative estimate of drug-likeness (QED) is 0.353. The molecule has 0 spiro atoms. The van der Waals surface area contributed by atoms with E-state index in [9.17, 15) is 0 Å². The summed E-state index contributed by atoms with van der Waals surface area (Å²) in [6, 6.07) is 0. The molecule has 0 rings (SSSR count). The Labute approximate surface area is 87.8 Å². The van der Waals surface area contributed by atoms with Gasteiger partial charge >= 0.3 is 0 Å². The highest BCUT2D eigenvalue weighted by molar-refractivity contribution is 5.30. The van der Waals surface area contributed by atoms with Gasteiger partial charge in [0.25, 0.3) is 0 Å². The van der Waals surface area contributed by atoms with E-state index in [2.05, 4.69) is 43.6 Å². The SMILES string of the molecule is C#C/C(=C/C=C)C/C=C\CCN(C)C. The van der Waals surface area contributed by atoms with Gasteiger partial charge in [-0.05, 0) is 26.9 Å². The van der Waals surface area contributed by atoms with Crippen molar-refractivity contribution in [2.24, 2.45) is 0 Å². The summed E-state index contributed by atoms with van der Waals surface area (Å²) in [6.45, 7) is 4.69. The Balaban J connectivity index is 3.76. The number of allylic oxidation sites excluding steroid dienone is 4. The molecule has 0 saturated heterocycles. The Morgan fingerprint density at radius 1 is 1.43 bits per heavy atom. The van der Waals surface area contributed by atoms with Crippen LogP contribution in [-0.4, -0.2) is 25.5 Å². The number of hydrogen-bond acceptors (Lipinski definition) is 1. The van der Waals surface area contributed by atoms with Crippen molar-refractivity contribution in [2.75, 3.05) is 20.6 Å². The van der Waals surface area contributed by atoms with Crippen LogP contribution in [0, 0.1) is 12.3 Å². The molecular formula is C13H19N. The third-order valence-corrected chi connectivity index (χ3v) is 1.75. The Bertz CT molecular complexity index is 251. The summed E-state index contributed by atoms with van der Waals surface area (Å²) in [5.74, 6) is 2.63. The van der Waals surface area contributed by atoms with Crippen LogP contribution in [0.15, 0.2) is 36.5 Å². The minimum Gasteiger partial charge on any atom is -0.309 e. The van der Waals surface area contributed by atoms with Crippen molar-refractivity contribution in [1.82, 2.24) is 4.90 Å². The summed E-state index contributed by atoms with van der Waals surface area (Å²) in [7, 11) is 4.14. The molecule has 1 heteroatoms. The minimum absolute atomic E-state index is 0.829. The standard InChI is InChI=1S/C13H19N/c1-5-10-13(6-2)11-8-7-9-12-14(3)4/h2,5,7-8,10H,1,9,11-12H2,3-4H3/b8-7-,13-10-. The molecule has 14 heavy (non-hydrogen) atoms. The zero-order chi connectivity index (χ0) is 10.8. The summed E-state index contributed by atoms with van der Waals surface area (Å²) in [5, 5.41) is 0. The first-order valence-electron chi connectivity index (χ1n) is 4.78. The highest BCUT2D eigenvalue weighted by Gasteiger charge is 1.87. The van der Waals surface area contributed by atoms with Crippen molar-refractivity contribution in [3.05, 3.63) is 36.5 Å². The molecule has 0 atom stereocenters. The molecule has 0 amide bonds. The van der Waals surface area contributed by atoms with E-state index < -0.39 is 0 Å². The highest BCUT2D eigenvalue weighted by atomic mass is 15.0. The molecule has 0 N–H and O–H groups in total. The van der Waals surface area contributed by atoms with Crippen molar-refractivity contribution in [3.8, 4) is 12.3 Å². The summed E-state index contributed by atoms with van der Waals surface area (Å²) in [5.41, 5.74) is 0.973. The fraction of sp³-hybridized carbons (Fsp3) is 0.385. The molecule has 76 valence electrons. The maximum absolute atomic E-state index is 5.31. The van der Waals surface area contributed by atoms with Crippen molar-refractivity contribution < 1.29 is 0 Å². The van der Waals surface area contributed by atoms with Gasteiger partial charge in [-0.2, -0.15) is 0 Å². The molecule has 0 bridgehead atoms. The monoisotopic (exact) mass is 189 g/mol. The van der Waals surface area contributed by atoms with Gasteiger partial charge in [-0.15, -0.1) is 6.42 Å². The van der Waals surface area contributed by atoms with Gasteiger partial charge in [-0.1, -0.05) is 36.8 Å². The first kappa shape index (κ1) is 12.7. The lowest BCUT2D eigenvalue weighted by atomic mass is 10.1. The van der Waals surface area contributed by atoms with Crippen molar-refractivity contribution in [1.29, 1.82) is 0 Å². The van der Waals surface area contributed by atoms with Crippen LogP contribution in [0.25, 0.3) is 0 Å². The lowest BCUT2D eigenvalue weighted by molar-refractivity contribution is 0.417. The second-order valence-electron chi connectivity index (χ2n) is 3.34. The van der Waals surface area contributed by atoms with Gasteiger partial charge < -0.3 is 4.90 Å². The van der Waals surface area contributed by atoms with Gasteiger partial charge in [0, 0.05) is 12.1 Å². The van der Waals surface area contributed by atoms with E-state index in [-0.39, 0.29) is 0 Å². The van der Waals surface area contributed by atoms with Gasteiger partial charge in [0.1, 0.15) is 0 Å². The largest absolute Gasteiger partial charge is 0.309 e. The summed E-state index contributed by atoms with van der Waals surface area (Å²) < 4.78 is 0. The first-order chi connectivity index (χ1) is 6.70. The van der Waals surface area contributed by atoms with Gasteiger partial charge in [0.15, 0.2) is 0 Å². The molecule has 0 aromatic rings. The van der Waals surface area contributed by atoms with E-state index in [1.165, 1.54) is 0 Å². The van der Waals surface area contributed by atoms with Crippen LogP contribution in [0.4, 0.5) is 0 Å². The van der Waals surface area contributed by atoms with Crippen LogP contribution in [0.1, 0.15) is 12.8 Å². The Kier molecular flexibility index (Phi) is 7.59. The van der Waals surface area contributed by atoms with Crippen molar-refractivity contribution in [2.45, 2.75) is 12.8 Å². The molecule has 0 saturated carbocycles. The van der Waals surface area contributed by atoms with E-state index in [1.54, 1.807) is 6.08 Å². The topological polar surface area (TPSA) is 3.24 Å². The van der Waals surface area contributed by atoms with E-state index in [0.717, 1.165) is 25.0 Å². The maximum Gasteiger partial charge on any atom is 0.00550 e. The number of terminal acetylenes is 1. The third kappa shape index (κ3) is 7.39. The fourth-order valence-corrected chi connectivity index (χ4v) is 0.978. The van der Waals surface area contributed by atoms with Crippen LogP contribution >= 0.6 is 0 Å². The smallest absolute Gasteiger partial charge is 0.00550 e. The predicted octanol–water partition coefficient (Wildman–Crippen LogP) is 2.63. The normalized spacial score (nSPS) is 12.0. The molecule has 0 heterocycles. The van der Waals surface area contributed by atoms with Crippen LogP contribution in [0.3, 0.4) is 0 Å². The molecular weight excluding hydrogens is 170 g/mol. The van der Waals surface area contributed by atoms with Crippen LogP contribution in [0.2, 0.25) is 0 Å². The lowest BCUT2D eigenvalue weighted by Gasteiger charge is -2.05. The molecule has 0 fully saturated rings. The molecule has 0 radical (unpaired) electrons. The van der Waals surface area contributed by atoms with Gasteiger partial charge in [-0.3, -0.25) is 0 Å². The summed E-state index contributed by atoms with van der Waals surface area (Å²) in [6.07, 6.45) is 15.1. The second kappa shape index (κ2) is 8.34. The predicted molar refractivity (Wildman–Crippen MR) is 64.0 cm³/mol. The van der Waals surface area contributed by atoms with E-state index in [4.69, 9.17) is 6.42 Å². The maximum atomic E-state index is 5.31. The molecule has 0 aromatic carbocycles. The van der Waals surface area contributed by atoms with Crippen LogP contribution in [-0.2, 0) is 0 Å². The fourth-order valence-electron chi connectivity index (χ4n) is 0.978. The molecule has 0 aliphatic rings. The number of rotatable bonds is 6. The zero-order valence-corrected chi connectivity index (χ0v) is 9.16. The van der Waals surface area contributed by atoms with Gasteiger partial charge in [-0.25, -0.2) is 0 Å². The average Bonchev–Trinajstić information content (AvgIpc) is 2.15. The van der Waals surface area contributed by atoms with Crippen LogP contribution in [0.5, 0.6) is 0 Å². The second-order valence-corrected chi connectivity index (χ2v) is 3.34. The third-order valence-electron chi connectivity index (χ3n) is 1.75. The van der Waals surface area contributed by atoms with Crippen molar-refractivity contribution >= 4 is 0 Å². The van der Waals surface area contributed by atoms with Crippen LogP contribution < -0.4 is 0 Å². The Morgan fingerprint density at radius 2 is 2.14 bits per heavy atom. The first-order valence-corrected chi connectivity index (χ1v) is 4.78. The van der Waals surface area contributed by atoms with Gasteiger partial charge in [0.2, 0.25) is 0 Å². The molecule has 0 aromatic heterocycles. The van der Waals surface area contributed by atoms with E-state index >= 15 is 0 Å². The molecule has 1 nitrogen and oxygen atoms in total. The van der Waals surface area contributed by atoms with Crippen molar-refractivity contribution in [3.63, 3.8) is 0 Å². The lowest BCUT2D eigenvalue weighted by Crippen LogP contribution is -2.11. The molecule has 0 aliphatic carbocycles. The number of nitrogens with zero attached hydrogens (tertiary/aromatic N) is 1. The molecule has 0 aliphatic heterocycles. The van der Waals surface area contributed by atoms with E-state index in [0.29, 0.717) is 0 Å². The summed E-state index contributed by atoms with van der Waals surface area (Å²) >= 11 is 0. The average molecular weight is 189 g/mol. The number of hydrogen-bond donors (Lipinski definition) is 0. The van der Waals surface area contributed by atoms with E-state index in [1.807, 2.05) is 6.08 Å². The highest BCUT2D eigenvalue weighted by Crippen LogP contribution is 2.01.